The Kier molecular flexibility index (Phi) is 7.11. The third-order valence-corrected chi connectivity index (χ3v) is 6.35. The van der Waals surface area contributed by atoms with Crippen molar-refractivity contribution in [1.82, 2.24) is 9.47 Å². The molecular formula is C24H32FN3O6. The monoisotopic (exact) mass is 477 g/mol. The molecule has 0 spiro atoms. The Hall–Kier alpha value is -2.69. The summed E-state index contributed by atoms with van der Waals surface area (Å²) in [6.07, 6.45) is 2.52. The molecule has 0 amide bonds. The molecule has 34 heavy (non-hydrogen) atoms. The molecule has 2 aromatic rings. The molecule has 9 nitrogen and oxygen atoms in total. The Morgan fingerprint density at radius 3 is 2.47 bits per heavy atom. The Bertz CT molecular complexity index is 1120. The van der Waals surface area contributed by atoms with Gasteiger partial charge in [0.1, 0.15) is 11.3 Å². The Morgan fingerprint density at radius 1 is 1.24 bits per heavy atom. The van der Waals surface area contributed by atoms with Crippen LogP contribution in [0.4, 0.5) is 10.1 Å². The van der Waals surface area contributed by atoms with Gasteiger partial charge in [-0.1, -0.05) is 0 Å². The topological polar surface area (TPSA) is 104 Å². The zero-order valence-corrected chi connectivity index (χ0v) is 19.8. The van der Waals surface area contributed by atoms with E-state index in [1.807, 2.05) is 18.7 Å². The van der Waals surface area contributed by atoms with Crippen molar-refractivity contribution in [2.75, 3.05) is 51.3 Å². The molecule has 1 aliphatic carbocycles. The fourth-order valence-electron chi connectivity index (χ4n) is 4.53. The van der Waals surface area contributed by atoms with E-state index in [1.165, 1.54) is 13.3 Å². The lowest BCUT2D eigenvalue weighted by Crippen LogP contribution is -2.49. The molecule has 1 saturated carbocycles. The first-order chi connectivity index (χ1) is 16.2. The van der Waals surface area contributed by atoms with Gasteiger partial charge in [0.05, 0.1) is 36.8 Å². The number of pyridine rings is 1. The van der Waals surface area contributed by atoms with Crippen molar-refractivity contribution in [1.29, 1.82) is 0 Å². The molecule has 1 aliphatic heterocycles. The second-order valence-electron chi connectivity index (χ2n) is 9.28. The number of fused-ring (bicyclic) bond motifs is 1. The Morgan fingerprint density at radius 2 is 1.91 bits per heavy atom. The molecule has 10 heteroatoms. The molecule has 186 valence electrons. The maximum Gasteiger partial charge on any atom is 0.341 e. The number of carbonyl (C=O) groups is 1. The number of hydrogen-bond acceptors (Lipinski definition) is 7. The van der Waals surface area contributed by atoms with Crippen molar-refractivity contribution >= 4 is 22.6 Å². The number of aliphatic hydroxyl groups is 1. The number of carboxylic acids is 1. The number of aromatic nitrogens is 1. The largest absolute Gasteiger partial charge is 0.492 e. The molecule has 1 saturated heterocycles. The van der Waals surface area contributed by atoms with Gasteiger partial charge < -0.3 is 29.2 Å². The normalized spacial score (nSPS) is 18.0. The second kappa shape index (κ2) is 9.89. The first-order valence-electron chi connectivity index (χ1n) is 11.7. The molecule has 0 radical (unpaired) electrons. The van der Waals surface area contributed by atoms with E-state index in [-0.39, 0.29) is 41.1 Å². The molecule has 2 aliphatic rings. The van der Waals surface area contributed by atoms with Crippen LogP contribution in [0.3, 0.4) is 0 Å². The van der Waals surface area contributed by atoms with E-state index >= 15 is 4.39 Å². The highest BCUT2D eigenvalue weighted by atomic mass is 19.1. The number of piperazine rings is 1. The van der Waals surface area contributed by atoms with Crippen molar-refractivity contribution in [3.63, 3.8) is 0 Å². The van der Waals surface area contributed by atoms with Crippen LogP contribution in [0.2, 0.25) is 0 Å². The molecule has 1 aromatic heterocycles. The van der Waals surface area contributed by atoms with Crippen LogP contribution in [0.1, 0.15) is 43.1 Å². The molecule has 2 N–H and O–H groups in total. The van der Waals surface area contributed by atoms with Crippen LogP contribution >= 0.6 is 0 Å². The first kappa shape index (κ1) is 24.4. The zero-order valence-electron chi connectivity index (χ0n) is 19.8. The maximum atomic E-state index is 15.4. The van der Waals surface area contributed by atoms with Crippen LogP contribution in [-0.2, 0) is 4.74 Å². The van der Waals surface area contributed by atoms with Crippen molar-refractivity contribution < 1.29 is 28.9 Å². The minimum absolute atomic E-state index is 0.0109. The average molecular weight is 478 g/mol. The van der Waals surface area contributed by atoms with Crippen LogP contribution in [-0.4, -0.2) is 84.3 Å². The predicted molar refractivity (Wildman–Crippen MR) is 126 cm³/mol. The Labute approximate surface area is 197 Å². The summed E-state index contributed by atoms with van der Waals surface area (Å²) in [7, 11) is 1.44. The quantitative estimate of drug-likeness (QED) is 0.566. The first-order valence-corrected chi connectivity index (χ1v) is 11.7. The number of aliphatic hydroxyl groups excluding tert-OH is 1. The van der Waals surface area contributed by atoms with Gasteiger partial charge in [0, 0.05) is 45.0 Å². The third-order valence-electron chi connectivity index (χ3n) is 6.35. The van der Waals surface area contributed by atoms with Crippen LogP contribution in [0.15, 0.2) is 17.1 Å². The number of hydrogen-bond donors (Lipinski definition) is 2. The van der Waals surface area contributed by atoms with E-state index in [0.717, 1.165) is 18.9 Å². The number of ether oxygens (including phenoxy) is 2. The van der Waals surface area contributed by atoms with E-state index in [4.69, 9.17) is 9.47 Å². The second-order valence-corrected chi connectivity index (χ2v) is 9.28. The van der Waals surface area contributed by atoms with E-state index in [9.17, 15) is 19.8 Å². The number of benzene rings is 1. The highest BCUT2D eigenvalue weighted by Gasteiger charge is 2.32. The van der Waals surface area contributed by atoms with Crippen LogP contribution < -0.4 is 15.1 Å². The summed E-state index contributed by atoms with van der Waals surface area (Å²) >= 11 is 0. The Balaban J connectivity index is 1.63. The maximum absolute atomic E-state index is 15.4. The smallest absolute Gasteiger partial charge is 0.341 e. The van der Waals surface area contributed by atoms with E-state index in [1.54, 1.807) is 4.57 Å². The number of methoxy groups -OCH3 is 1. The molecule has 2 heterocycles. The van der Waals surface area contributed by atoms with Crippen LogP contribution in [0.25, 0.3) is 10.9 Å². The summed E-state index contributed by atoms with van der Waals surface area (Å²) in [6, 6.07) is 1.19. The average Bonchev–Trinajstić information content (AvgIpc) is 3.63. The van der Waals surface area contributed by atoms with Gasteiger partial charge in [0.15, 0.2) is 11.6 Å². The SMILES string of the molecule is COc1c(N2CCN(CC(O)COC(C)C)CC2)c(F)cc2c(=O)c(C(=O)O)cn(C3CC3)c12. The zero-order chi connectivity index (χ0) is 24.6. The highest BCUT2D eigenvalue weighted by Crippen LogP contribution is 2.43. The van der Waals surface area contributed by atoms with Crippen molar-refractivity contribution in [2.45, 2.75) is 44.9 Å². The number of carboxylic acid groups (broad SMARTS) is 1. The summed E-state index contributed by atoms with van der Waals surface area (Å²) in [5.74, 6) is -1.71. The number of aromatic carboxylic acids is 1. The predicted octanol–water partition coefficient (Wildman–Crippen LogP) is 2.09. The lowest BCUT2D eigenvalue weighted by Gasteiger charge is -2.37. The van der Waals surface area contributed by atoms with Gasteiger partial charge >= 0.3 is 5.97 Å². The minimum atomic E-state index is -1.33. The fraction of sp³-hybridized carbons (Fsp3) is 0.583. The van der Waals surface area contributed by atoms with Crippen LogP contribution in [0.5, 0.6) is 5.75 Å². The van der Waals surface area contributed by atoms with E-state index in [0.29, 0.717) is 38.2 Å². The van der Waals surface area contributed by atoms with Gasteiger partial charge in [-0.05, 0) is 32.8 Å². The molecule has 2 fully saturated rings. The molecular weight excluding hydrogens is 445 g/mol. The number of rotatable bonds is 9. The molecule has 1 atom stereocenters. The van der Waals surface area contributed by atoms with Gasteiger partial charge in [0.2, 0.25) is 5.43 Å². The minimum Gasteiger partial charge on any atom is -0.492 e. The summed E-state index contributed by atoms with van der Waals surface area (Å²) in [5, 5.41) is 19.7. The molecule has 1 aromatic carbocycles. The van der Waals surface area contributed by atoms with Gasteiger partial charge in [-0.2, -0.15) is 0 Å². The molecule has 0 bridgehead atoms. The number of halogens is 1. The van der Waals surface area contributed by atoms with Gasteiger partial charge in [-0.3, -0.25) is 9.69 Å². The standard InChI is InChI=1S/C24H32FN3O6/c1-14(2)34-13-16(29)11-26-6-8-27(9-7-26)21-19(25)10-17-20(23(21)33-3)28(15-4-5-15)12-18(22(17)30)24(31)32/h10,12,14-16,29H,4-9,11,13H2,1-3H3,(H,31,32). The number of anilines is 1. The number of nitrogens with zero attached hydrogens (tertiary/aromatic N) is 3. The molecule has 1 unspecified atom stereocenters. The van der Waals surface area contributed by atoms with Gasteiger partial charge in [-0.25, -0.2) is 9.18 Å². The third kappa shape index (κ3) is 4.89. The van der Waals surface area contributed by atoms with E-state index < -0.39 is 23.3 Å². The lowest BCUT2D eigenvalue weighted by atomic mass is 10.1. The summed E-state index contributed by atoms with van der Waals surface area (Å²) in [4.78, 5) is 28.5. The van der Waals surface area contributed by atoms with Gasteiger partial charge in [0.25, 0.3) is 0 Å². The van der Waals surface area contributed by atoms with Crippen molar-refractivity contribution in [3.05, 3.63) is 33.9 Å². The van der Waals surface area contributed by atoms with E-state index in [2.05, 4.69) is 4.90 Å². The number of β-amino-alcohol motifs (C(OH)–C–C–N with tert-alkyl or cyclic N) is 1. The van der Waals surface area contributed by atoms with Crippen molar-refractivity contribution in [2.24, 2.45) is 0 Å². The fourth-order valence-corrected chi connectivity index (χ4v) is 4.53. The lowest BCUT2D eigenvalue weighted by molar-refractivity contribution is -0.00901. The summed E-state index contributed by atoms with van der Waals surface area (Å²) in [6.45, 7) is 6.83. The molecule has 4 rings (SSSR count). The van der Waals surface area contributed by atoms with Gasteiger partial charge in [-0.15, -0.1) is 0 Å². The highest BCUT2D eigenvalue weighted by molar-refractivity contribution is 5.97. The van der Waals surface area contributed by atoms with Crippen LogP contribution in [0, 0.1) is 5.82 Å². The summed E-state index contributed by atoms with van der Waals surface area (Å²) < 4.78 is 28.3. The summed E-state index contributed by atoms with van der Waals surface area (Å²) in [5.41, 5.74) is -0.386. The van der Waals surface area contributed by atoms with Crippen molar-refractivity contribution in [3.8, 4) is 5.75 Å².